The topological polar surface area (TPSA) is 58.2 Å². The Hall–Kier alpha value is -2.11. The molecule has 0 bridgehead atoms. The highest BCUT2D eigenvalue weighted by atomic mass is 35.5. The van der Waals surface area contributed by atoms with Gasteiger partial charge in [0.15, 0.2) is 0 Å². The number of benzene rings is 1. The summed E-state index contributed by atoms with van der Waals surface area (Å²) in [5, 5.41) is 5.75. The Morgan fingerprint density at radius 2 is 1.92 bits per heavy atom. The van der Waals surface area contributed by atoms with Gasteiger partial charge in [0.25, 0.3) is 5.91 Å². The Morgan fingerprint density at radius 3 is 2.54 bits per heavy atom. The molecule has 4 nitrogen and oxygen atoms in total. The lowest BCUT2D eigenvalue weighted by Crippen LogP contribution is -2.25. The Labute approximate surface area is 149 Å². The zero-order chi connectivity index (χ0) is 16.9. The van der Waals surface area contributed by atoms with E-state index in [0.717, 1.165) is 23.3 Å². The standard InChI is InChI=1S/C18H17ClN2O2S/c19-16-9-8-15(24-16)11-20-17(22)10-3-12-1-4-13(5-2-12)18(23)21-14-6-7-14/h1-5,8-10,14H,6-7,11H2,(H,20,22)(H,21,23)/b10-3+. The van der Waals surface area contributed by atoms with Gasteiger partial charge in [-0.25, -0.2) is 0 Å². The summed E-state index contributed by atoms with van der Waals surface area (Å²) in [6.45, 7) is 0.459. The summed E-state index contributed by atoms with van der Waals surface area (Å²) in [6.07, 6.45) is 5.34. The number of carbonyl (C=O) groups is 2. The van der Waals surface area contributed by atoms with Gasteiger partial charge < -0.3 is 10.6 Å². The number of halogens is 1. The molecule has 1 aromatic carbocycles. The second-order valence-corrected chi connectivity index (χ2v) is 7.43. The van der Waals surface area contributed by atoms with Crippen molar-refractivity contribution in [2.24, 2.45) is 0 Å². The number of hydrogen-bond donors (Lipinski definition) is 2. The van der Waals surface area contributed by atoms with Gasteiger partial charge in [-0.2, -0.15) is 0 Å². The van der Waals surface area contributed by atoms with Gasteiger partial charge in [-0.05, 0) is 48.7 Å². The quantitative estimate of drug-likeness (QED) is 0.773. The third-order valence-corrected chi connectivity index (χ3v) is 4.81. The molecule has 6 heteroatoms. The van der Waals surface area contributed by atoms with Crippen LogP contribution >= 0.6 is 22.9 Å². The van der Waals surface area contributed by atoms with E-state index < -0.39 is 0 Å². The van der Waals surface area contributed by atoms with Gasteiger partial charge in [0.1, 0.15) is 0 Å². The van der Waals surface area contributed by atoms with Crippen LogP contribution in [-0.4, -0.2) is 17.9 Å². The van der Waals surface area contributed by atoms with Crippen molar-refractivity contribution < 1.29 is 9.59 Å². The van der Waals surface area contributed by atoms with Gasteiger partial charge in [0, 0.05) is 22.6 Å². The minimum Gasteiger partial charge on any atom is -0.349 e. The van der Waals surface area contributed by atoms with E-state index in [1.54, 1.807) is 18.2 Å². The van der Waals surface area contributed by atoms with Crippen LogP contribution in [0.1, 0.15) is 33.6 Å². The molecular weight excluding hydrogens is 344 g/mol. The van der Waals surface area contributed by atoms with E-state index in [9.17, 15) is 9.59 Å². The second kappa shape index (κ2) is 7.64. The van der Waals surface area contributed by atoms with E-state index in [0.29, 0.717) is 22.5 Å². The van der Waals surface area contributed by atoms with E-state index in [2.05, 4.69) is 10.6 Å². The van der Waals surface area contributed by atoms with Crippen LogP contribution in [0.2, 0.25) is 4.34 Å². The van der Waals surface area contributed by atoms with Gasteiger partial charge in [-0.15, -0.1) is 11.3 Å². The molecule has 0 spiro atoms. The summed E-state index contributed by atoms with van der Waals surface area (Å²) in [5.41, 5.74) is 1.50. The molecule has 1 fully saturated rings. The van der Waals surface area contributed by atoms with Crippen LogP contribution < -0.4 is 10.6 Å². The average molecular weight is 361 g/mol. The van der Waals surface area contributed by atoms with Crippen LogP contribution in [-0.2, 0) is 11.3 Å². The maximum absolute atomic E-state index is 11.9. The fourth-order valence-electron chi connectivity index (χ4n) is 2.09. The van der Waals surface area contributed by atoms with Crippen molar-refractivity contribution in [2.75, 3.05) is 0 Å². The number of hydrogen-bond acceptors (Lipinski definition) is 3. The molecule has 2 N–H and O–H groups in total. The summed E-state index contributed by atoms with van der Waals surface area (Å²) in [6, 6.07) is 11.2. The van der Waals surface area contributed by atoms with E-state index >= 15 is 0 Å². The van der Waals surface area contributed by atoms with Crippen molar-refractivity contribution in [3.63, 3.8) is 0 Å². The molecule has 0 aliphatic heterocycles. The molecule has 0 radical (unpaired) electrons. The van der Waals surface area contributed by atoms with Crippen LogP contribution in [0.25, 0.3) is 6.08 Å². The van der Waals surface area contributed by atoms with Crippen molar-refractivity contribution >= 4 is 40.8 Å². The number of nitrogens with one attached hydrogen (secondary N) is 2. The predicted octanol–water partition coefficient (Wildman–Crippen LogP) is 3.62. The highest BCUT2D eigenvalue weighted by Crippen LogP contribution is 2.21. The van der Waals surface area contributed by atoms with Crippen LogP contribution in [0.5, 0.6) is 0 Å². The van der Waals surface area contributed by atoms with Crippen LogP contribution in [0, 0.1) is 0 Å². The predicted molar refractivity (Wildman–Crippen MR) is 97.1 cm³/mol. The maximum Gasteiger partial charge on any atom is 0.251 e. The van der Waals surface area contributed by atoms with E-state index in [4.69, 9.17) is 11.6 Å². The zero-order valence-electron chi connectivity index (χ0n) is 12.9. The molecule has 24 heavy (non-hydrogen) atoms. The minimum absolute atomic E-state index is 0.0413. The molecule has 1 aliphatic rings. The van der Waals surface area contributed by atoms with Gasteiger partial charge in [-0.3, -0.25) is 9.59 Å². The molecular formula is C18H17ClN2O2S. The van der Waals surface area contributed by atoms with Crippen molar-refractivity contribution in [3.8, 4) is 0 Å². The average Bonchev–Trinajstić information content (AvgIpc) is 3.30. The number of amides is 2. The number of rotatable bonds is 6. The van der Waals surface area contributed by atoms with E-state index in [-0.39, 0.29) is 11.8 Å². The van der Waals surface area contributed by atoms with Crippen LogP contribution in [0.15, 0.2) is 42.5 Å². The first-order valence-electron chi connectivity index (χ1n) is 7.71. The van der Waals surface area contributed by atoms with Crippen molar-refractivity contribution in [3.05, 3.63) is 62.8 Å². The normalized spacial score (nSPS) is 13.9. The fourth-order valence-corrected chi connectivity index (χ4v) is 3.12. The third kappa shape index (κ3) is 4.94. The van der Waals surface area contributed by atoms with Crippen LogP contribution in [0.4, 0.5) is 0 Å². The molecule has 0 atom stereocenters. The Morgan fingerprint density at radius 1 is 1.17 bits per heavy atom. The highest BCUT2D eigenvalue weighted by Gasteiger charge is 2.23. The second-order valence-electron chi connectivity index (χ2n) is 5.63. The lowest BCUT2D eigenvalue weighted by Gasteiger charge is -2.03. The third-order valence-electron chi connectivity index (χ3n) is 3.58. The Bertz CT molecular complexity index is 764. The first-order valence-corrected chi connectivity index (χ1v) is 8.90. The smallest absolute Gasteiger partial charge is 0.251 e. The highest BCUT2D eigenvalue weighted by molar-refractivity contribution is 7.16. The summed E-state index contributed by atoms with van der Waals surface area (Å²) in [5.74, 6) is -0.213. The lowest BCUT2D eigenvalue weighted by molar-refractivity contribution is -0.116. The summed E-state index contributed by atoms with van der Waals surface area (Å²) in [4.78, 5) is 24.7. The summed E-state index contributed by atoms with van der Waals surface area (Å²) >= 11 is 7.29. The van der Waals surface area contributed by atoms with Crippen molar-refractivity contribution in [2.45, 2.75) is 25.4 Å². The zero-order valence-corrected chi connectivity index (χ0v) is 14.5. The molecule has 124 valence electrons. The Balaban J connectivity index is 1.49. The first-order chi connectivity index (χ1) is 11.6. The first kappa shape index (κ1) is 16.7. The molecule has 1 aromatic heterocycles. The lowest BCUT2D eigenvalue weighted by atomic mass is 10.1. The van der Waals surface area contributed by atoms with Gasteiger partial charge in [0.2, 0.25) is 5.91 Å². The summed E-state index contributed by atoms with van der Waals surface area (Å²) in [7, 11) is 0. The monoisotopic (exact) mass is 360 g/mol. The molecule has 0 unspecified atom stereocenters. The van der Waals surface area contributed by atoms with Gasteiger partial charge in [-0.1, -0.05) is 23.7 Å². The molecule has 1 heterocycles. The van der Waals surface area contributed by atoms with Gasteiger partial charge >= 0.3 is 0 Å². The SMILES string of the molecule is O=C(/C=C/c1ccc(C(=O)NC2CC2)cc1)NCc1ccc(Cl)s1. The molecule has 1 aliphatic carbocycles. The molecule has 2 amide bonds. The summed E-state index contributed by atoms with van der Waals surface area (Å²) < 4.78 is 0.709. The Kier molecular flexibility index (Phi) is 5.33. The van der Waals surface area contributed by atoms with E-state index in [1.807, 2.05) is 24.3 Å². The van der Waals surface area contributed by atoms with Crippen LogP contribution in [0.3, 0.4) is 0 Å². The van der Waals surface area contributed by atoms with Crippen molar-refractivity contribution in [1.29, 1.82) is 0 Å². The molecule has 2 aromatic rings. The maximum atomic E-state index is 11.9. The van der Waals surface area contributed by atoms with Gasteiger partial charge in [0.05, 0.1) is 10.9 Å². The molecule has 3 rings (SSSR count). The van der Waals surface area contributed by atoms with Crippen molar-refractivity contribution in [1.82, 2.24) is 10.6 Å². The fraction of sp³-hybridized carbons (Fsp3) is 0.222. The number of thiophene rings is 1. The number of carbonyl (C=O) groups excluding carboxylic acids is 2. The largest absolute Gasteiger partial charge is 0.349 e. The van der Waals surface area contributed by atoms with E-state index in [1.165, 1.54) is 17.4 Å². The molecule has 0 saturated heterocycles. The minimum atomic E-state index is -0.171. The molecule has 1 saturated carbocycles.